The first-order valence-corrected chi connectivity index (χ1v) is 13.5. The molecule has 1 unspecified atom stereocenters. The van der Waals surface area contributed by atoms with Crippen LogP contribution in [-0.4, -0.2) is 19.2 Å². The largest absolute Gasteiger partial charge is 0.379 e. The molecule has 3 aromatic rings. The SMILES string of the molecule is CC(CC(=O)N(Cc1ccc(F)cc1)Cc1cccc(OS(=O)(=O)c2ccc(F)cc2)c1)CC(C)(C)C. The summed E-state index contributed by atoms with van der Waals surface area (Å²) in [5.41, 5.74) is 1.54. The van der Waals surface area contributed by atoms with Crippen molar-refractivity contribution in [2.75, 3.05) is 0 Å². The highest BCUT2D eigenvalue weighted by Gasteiger charge is 2.22. The smallest absolute Gasteiger partial charge is 0.339 e. The molecule has 0 fully saturated rings. The van der Waals surface area contributed by atoms with Crippen molar-refractivity contribution in [1.82, 2.24) is 4.90 Å². The lowest BCUT2D eigenvalue weighted by Gasteiger charge is -2.27. The highest BCUT2D eigenvalue weighted by atomic mass is 32.2. The molecule has 3 rings (SSSR count). The van der Waals surface area contributed by atoms with E-state index in [2.05, 4.69) is 20.8 Å². The topological polar surface area (TPSA) is 63.7 Å². The molecule has 198 valence electrons. The minimum Gasteiger partial charge on any atom is -0.379 e. The van der Waals surface area contributed by atoms with E-state index in [4.69, 9.17) is 4.18 Å². The summed E-state index contributed by atoms with van der Waals surface area (Å²) < 4.78 is 57.1. The van der Waals surface area contributed by atoms with Crippen LogP contribution in [0.1, 0.15) is 51.7 Å². The molecule has 8 heteroatoms. The van der Waals surface area contributed by atoms with Crippen LogP contribution in [0.25, 0.3) is 0 Å². The summed E-state index contributed by atoms with van der Waals surface area (Å²) in [6.07, 6.45) is 1.24. The summed E-state index contributed by atoms with van der Waals surface area (Å²) in [5, 5.41) is 0. The Hall–Kier alpha value is -3.26. The average molecular weight is 530 g/mol. The molecule has 0 saturated heterocycles. The molecule has 5 nitrogen and oxygen atoms in total. The number of amides is 1. The van der Waals surface area contributed by atoms with Gasteiger partial charge in [0.15, 0.2) is 0 Å². The Balaban J connectivity index is 1.80. The third-order valence-corrected chi connectivity index (χ3v) is 6.96. The molecule has 0 aliphatic heterocycles. The first kappa shape index (κ1) is 28.3. The Morgan fingerprint density at radius 1 is 0.892 bits per heavy atom. The lowest BCUT2D eigenvalue weighted by atomic mass is 9.84. The molecular weight excluding hydrogens is 496 g/mol. The van der Waals surface area contributed by atoms with E-state index < -0.39 is 15.9 Å². The van der Waals surface area contributed by atoms with Crippen LogP contribution in [0, 0.1) is 23.0 Å². The van der Waals surface area contributed by atoms with Gasteiger partial charge in [-0.05, 0) is 77.4 Å². The lowest BCUT2D eigenvalue weighted by Crippen LogP contribution is -2.31. The van der Waals surface area contributed by atoms with Gasteiger partial charge in [-0.25, -0.2) is 8.78 Å². The van der Waals surface area contributed by atoms with Gasteiger partial charge in [-0.2, -0.15) is 8.42 Å². The van der Waals surface area contributed by atoms with Gasteiger partial charge in [-0.1, -0.05) is 52.0 Å². The van der Waals surface area contributed by atoms with Gasteiger partial charge in [-0.15, -0.1) is 0 Å². The maximum absolute atomic E-state index is 13.4. The van der Waals surface area contributed by atoms with E-state index in [0.717, 1.165) is 36.2 Å². The zero-order chi connectivity index (χ0) is 27.2. The third kappa shape index (κ3) is 8.97. The number of halogens is 2. The summed E-state index contributed by atoms with van der Waals surface area (Å²) >= 11 is 0. The van der Waals surface area contributed by atoms with E-state index in [0.29, 0.717) is 12.0 Å². The van der Waals surface area contributed by atoms with Crippen LogP contribution >= 0.6 is 0 Å². The predicted molar refractivity (Wildman–Crippen MR) is 139 cm³/mol. The molecule has 0 saturated carbocycles. The maximum atomic E-state index is 13.4. The Bertz CT molecular complexity index is 1300. The highest BCUT2D eigenvalue weighted by Crippen LogP contribution is 2.27. The molecule has 0 aliphatic rings. The van der Waals surface area contributed by atoms with Crippen LogP contribution in [0.3, 0.4) is 0 Å². The second-order valence-electron chi connectivity index (χ2n) is 10.6. The van der Waals surface area contributed by atoms with Crippen LogP contribution < -0.4 is 4.18 Å². The number of carbonyl (C=O) groups is 1. The minimum atomic E-state index is -4.16. The normalized spacial score (nSPS) is 12.7. The van der Waals surface area contributed by atoms with Crippen molar-refractivity contribution >= 4 is 16.0 Å². The van der Waals surface area contributed by atoms with Crippen molar-refractivity contribution in [3.8, 4) is 5.75 Å². The van der Waals surface area contributed by atoms with Gasteiger partial charge >= 0.3 is 10.1 Å². The van der Waals surface area contributed by atoms with E-state index in [1.165, 1.54) is 18.2 Å². The highest BCUT2D eigenvalue weighted by molar-refractivity contribution is 7.87. The lowest BCUT2D eigenvalue weighted by molar-refractivity contribution is -0.133. The number of hydrogen-bond acceptors (Lipinski definition) is 4. The molecule has 37 heavy (non-hydrogen) atoms. The number of nitrogens with zero attached hydrogens (tertiary/aromatic N) is 1. The Morgan fingerprint density at radius 3 is 2.05 bits per heavy atom. The average Bonchev–Trinajstić information content (AvgIpc) is 2.79. The van der Waals surface area contributed by atoms with Gasteiger partial charge < -0.3 is 9.08 Å². The van der Waals surface area contributed by atoms with Gasteiger partial charge in [0.25, 0.3) is 0 Å². The Kier molecular flexibility index (Phi) is 9.07. The molecule has 0 bridgehead atoms. The standard InChI is InChI=1S/C29H33F2NO4S/c1-21(18-29(2,3)4)16-28(33)32(19-22-8-10-24(30)11-9-22)20-23-6-5-7-26(17-23)36-37(34,35)27-14-12-25(31)13-15-27/h5-15,17,21H,16,18-20H2,1-4H3. The molecule has 0 aliphatic carbocycles. The molecule has 0 radical (unpaired) electrons. The Labute approximate surface area is 218 Å². The second kappa shape index (κ2) is 11.9. The zero-order valence-corrected chi connectivity index (χ0v) is 22.4. The van der Waals surface area contributed by atoms with Crippen molar-refractivity contribution in [2.45, 2.75) is 58.5 Å². The van der Waals surface area contributed by atoms with Crippen molar-refractivity contribution in [1.29, 1.82) is 0 Å². The van der Waals surface area contributed by atoms with Gasteiger partial charge in [0, 0.05) is 19.5 Å². The van der Waals surface area contributed by atoms with E-state index >= 15 is 0 Å². The minimum absolute atomic E-state index is 0.0497. The molecule has 1 atom stereocenters. The summed E-state index contributed by atoms with van der Waals surface area (Å²) in [7, 11) is -4.16. The fraction of sp³-hybridized carbons (Fsp3) is 0.345. The molecule has 0 spiro atoms. The molecule has 3 aromatic carbocycles. The summed E-state index contributed by atoms with van der Waals surface area (Å²) in [6, 6.07) is 16.8. The second-order valence-corrected chi connectivity index (χ2v) is 12.1. The number of carbonyl (C=O) groups excluding carboxylic acids is 1. The monoisotopic (exact) mass is 529 g/mol. The van der Waals surface area contributed by atoms with Gasteiger partial charge in [0.05, 0.1) is 0 Å². The summed E-state index contributed by atoms with van der Waals surface area (Å²) in [6.45, 7) is 8.95. The molecule has 1 amide bonds. The van der Waals surface area contributed by atoms with Gasteiger partial charge in [0.2, 0.25) is 5.91 Å². The van der Waals surface area contributed by atoms with E-state index in [1.54, 1.807) is 35.2 Å². The van der Waals surface area contributed by atoms with Crippen LogP contribution in [0.5, 0.6) is 5.75 Å². The predicted octanol–water partition coefficient (Wildman–Crippen LogP) is 6.72. The van der Waals surface area contributed by atoms with Gasteiger partial charge in [-0.3, -0.25) is 4.79 Å². The van der Waals surface area contributed by atoms with Crippen LogP contribution in [-0.2, 0) is 28.0 Å². The van der Waals surface area contributed by atoms with Crippen molar-refractivity contribution in [3.63, 3.8) is 0 Å². The molecule has 0 heterocycles. The summed E-state index contributed by atoms with van der Waals surface area (Å²) in [4.78, 5) is 14.8. The first-order chi connectivity index (χ1) is 17.3. The van der Waals surface area contributed by atoms with Crippen LogP contribution in [0.15, 0.2) is 77.7 Å². The van der Waals surface area contributed by atoms with Crippen LogP contribution in [0.2, 0.25) is 0 Å². The fourth-order valence-corrected chi connectivity index (χ4v) is 5.20. The molecule has 0 aromatic heterocycles. The first-order valence-electron chi connectivity index (χ1n) is 12.1. The van der Waals surface area contributed by atoms with Crippen molar-refractivity contribution < 1.29 is 26.2 Å². The maximum Gasteiger partial charge on any atom is 0.339 e. The number of benzene rings is 3. The fourth-order valence-electron chi connectivity index (χ4n) is 4.28. The van der Waals surface area contributed by atoms with E-state index in [9.17, 15) is 22.0 Å². The zero-order valence-electron chi connectivity index (χ0n) is 21.6. The van der Waals surface area contributed by atoms with Crippen molar-refractivity contribution in [3.05, 3.63) is 95.6 Å². The van der Waals surface area contributed by atoms with Crippen molar-refractivity contribution in [2.24, 2.45) is 11.3 Å². The third-order valence-electron chi connectivity index (χ3n) is 5.70. The number of rotatable bonds is 10. The van der Waals surface area contributed by atoms with Gasteiger partial charge in [0.1, 0.15) is 22.3 Å². The molecule has 0 N–H and O–H groups in total. The Morgan fingerprint density at radius 2 is 1.46 bits per heavy atom. The van der Waals surface area contributed by atoms with E-state index in [-0.39, 0.29) is 46.8 Å². The summed E-state index contributed by atoms with van der Waals surface area (Å²) in [5.74, 6) is -0.710. The van der Waals surface area contributed by atoms with E-state index in [1.807, 2.05) is 6.92 Å². The molecular formula is C29H33F2NO4S. The number of hydrogen-bond donors (Lipinski definition) is 0. The van der Waals surface area contributed by atoms with Crippen LogP contribution in [0.4, 0.5) is 8.78 Å². The quantitative estimate of drug-likeness (QED) is 0.273.